The summed E-state index contributed by atoms with van der Waals surface area (Å²) in [6.45, 7) is 7.21. The van der Waals surface area contributed by atoms with Gasteiger partial charge in [-0.15, -0.1) is 0 Å². The van der Waals surface area contributed by atoms with E-state index < -0.39 is 0 Å². The van der Waals surface area contributed by atoms with Crippen LogP contribution in [-0.2, 0) is 4.74 Å². The number of ether oxygens (including phenoxy) is 1. The van der Waals surface area contributed by atoms with Crippen LogP contribution in [0.2, 0.25) is 0 Å². The highest BCUT2D eigenvalue weighted by Crippen LogP contribution is 2.61. The van der Waals surface area contributed by atoms with Crippen molar-refractivity contribution in [3.8, 4) is 0 Å². The molecule has 0 amide bonds. The molecular formula is C11H20O. The van der Waals surface area contributed by atoms with Crippen molar-refractivity contribution in [2.75, 3.05) is 7.11 Å². The monoisotopic (exact) mass is 168 g/mol. The predicted molar refractivity (Wildman–Crippen MR) is 50.0 cm³/mol. The molecule has 0 heterocycles. The Labute approximate surface area is 75.5 Å². The fourth-order valence-electron chi connectivity index (χ4n) is 3.41. The van der Waals surface area contributed by atoms with Gasteiger partial charge < -0.3 is 4.74 Å². The van der Waals surface area contributed by atoms with Crippen LogP contribution in [0.5, 0.6) is 0 Å². The molecule has 3 aliphatic carbocycles. The van der Waals surface area contributed by atoms with E-state index in [4.69, 9.17) is 4.74 Å². The van der Waals surface area contributed by atoms with Crippen LogP contribution >= 0.6 is 0 Å². The molecule has 2 bridgehead atoms. The van der Waals surface area contributed by atoms with E-state index in [2.05, 4.69) is 20.8 Å². The Balaban J connectivity index is 2.11. The molecule has 70 valence electrons. The lowest BCUT2D eigenvalue weighted by Crippen LogP contribution is -2.57. The van der Waals surface area contributed by atoms with Crippen LogP contribution in [0.3, 0.4) is 0 Å². The Hall–Kier alpha value is -0.0400. The molecule has 0 aliphatic heterocycles. The van der Waals surface area contributed by atoms with Crippen LogP contribution in [0.15, 0.2) is 0 Å². The zero-order chi connectivity index (χ0) is 8.93. The zero-order valence-corrected chi connectivity index (χ0v) is 8.63. The van der Waals surface area contributed by atoms with E-state index in [1.807, 2.05) is 7.11 Å². The summed E-state index contributed by atoms with van der Waals surface area (Å²) in [5.41, 5.74) is 0.606. The molecule has 0 radical (unpaired) electrons. The Bertz CT molecular complexity index is 185. The molecule has 3 aliphatic rings. The number of rotatable bonds is 1. The molecular weight excluding hydrogens is 148 g/mol. The van der Waals surface area contributed by atoms with Crippen LogP contribution in [0, 0.1) is 23.2 Å². The van der Waals surface area contributed by atoms with Gasteiger partial charge in [-0.25, -0.2) is 0 Å². The Morgan fingerprint density at radius 3 is 2.33 bits per heavy atom. The highest BCUT2D eigenvalue weighted by molar-refractivity contribution is 5.05. The molecule has 4 atom stereocenters. The molecule has 12 heavy (non-hydrogen) atoms. The molecule has 4 unspecified atom stereocenters. The molecule has 0 aromatic rings. The SMILES string of the molecule is COC1CC2CC(C1C)C2(C)C. The van der Waals surface area contributed by atoms with E-state index in [0.717, 1.165) is 17.8 Å². The lowest BCUT2D eigenvalue weighted by molar-refractivity contribution is -0.163. The molecule has 0 saturated heterocycles. The first-order valence-electron chi connectivity index (χ1n) is 5.10. The maximum absolute atomic E-state index is 5.50. The minimum atomic E-state index is 0.543. The molecule has 3 rings (SSSR count). The summed E-state index contributed by atoms with van der Waals surface area (Å²) in [5.74, 6) is 2.62. The summed E-state index contributed by atoms with van der Waals surface area (Å²) in [6, 6.07) is 0. The van der Waals surface area contributed by atoms with Crippen LogP contribution < -0.4 is 0 Å². The second kappa shape index (κ2) is 2.47. The van der Waals surface area contributed by atoms with Crippen molar-refractivity contribution in [1.29, 1.82) is 0 Å². The molecule has 0 N–H and O–H groups in total. The predicted octanol–water partition coefficient (Wildman–Crippen LogP) is 2.70. The van der Waals surface area contributed by atoms with Gasteiger partial charge in [-0.3, -0.25) is 0 Å². The van der Waals surface area contributed by atoms with E-state index in [1.165, 1.54) is 12.8 Å². The molecule has 1 nitrogen and oxygen atoms in total. The van der Waals surface area contributed by atoms with Gasteiger partial charge in [-0.05, 0) is 36.0 Å². The third-order valence-electron chi connectivity index (χ3n) is 4.59. The zero-order valence-electron chi connectivity index (χ0n) is 8.63. The van der Waals surface area contributed by atoms with Crippen molar-refractivity contribution in [1.82, 2.24) is 0 Å². The first-order chi connectivity index (χ1) is 5.57. The fraction of sp³-hybridized carbons (Fsp3) is 1.00. The largest absolute Gasteiger partial charge is 0.381 e. The molecule has 3 saturated carbocycles. The van der Waals surface area contributed by atoms with Gasteiger partial charge in [0.05, 0.1) is 6.10 Å². The minimum Gasteiger partial charge on any atom is -0.381 e. The smallest absolute Gasteiger partial charge is 0.0602 e. The Morgan fingerprint density at radius 2 is 1.92 bits per heavy atom. The third-order valence-corrected chi connectivity index (χ3v) is 4.59. The fourth-order valence-corrected chi connectivity index (χ4v) is 3.41. The maximum Gasteiger partial charge on any atom is 0.0602 e. The van der Waals surface area contributed by atoms with Crippen LogP contribution in [0.4, 0.5) is 0 Å². The van der Waals surface area contributed by atoms with Crippen molar-refractivity contribution >= 4 is 0 Å². The van der Waals surface area contributed by atoms with Crippen LogP contribution in [-0.4, -0.2) is 13.2 Å². The average Bonchev–Trinajstić information content (AvgIpc) is 2.03. The van der Waals surface area contributed by atoms with E-state index in [0.29, 0.717) is 11.5 Å². The second-order valence-corrected chi connectivity index (χ2v) is 5.23. The van der Waals surface area contributed by atoms with Gasteiger partial charge in [0.1, 0.15) is 0 Å². The highest BCUT2D eigenvalue weighted by Gasteiger charge is 2.56. The van der Waals surface area contributed by atoms with Gasteiger partial charge in [-0.1, -0.05) is 20.8 Å². The number of fused-ring (bicyclic) bond motifs is 2. The maximum atomic E-state index is 5.50. The summed E-state index contributed by atoms with van der Waals surface area (Å²) in [7, 11) is 1.86. The summed E-state index contributed by atoms with van der Waals surface area (Å²) in [4.78, 5) is 0. The van der Waals surface area contributed by atoms with E-state index >= 15 is 0 Å². The highest BCUT2D eigenvalue weighted by atomic mass is 16.5. The summed E-state index contributed by atoms with van der Waals surface area (Å²) in [5, 5.41) is 0. The number of methoxy groups -OCH3 is 1. The summed E-state index contributed by atoms with van der Waals surface area (Å²) < 4.78 is 5.50. The van der Waals surface area contributed by atoms with Crippen molar-refractivity contribution in [3.63, 3.8) is 0 Å². The van der Waals surface area contributed by atoms with Crippen LogP contribution in [0.25, 0.3) is 0 Å². The van der Waals surface area contributed by atoms with Gasteiger partial charge in [0.2, 0.25) is 0 Å². The van der Waals surface area contributed by atoms with Gasteiger partial charge in [0.15, 0.2) is 0 Å². The summed E-state index contributed by atoms with van der Waals surface area (Å²) in [6.07, 6.45) is 3.29. The third kappa shape index (κ3) is 0.891. The van der Waals surface area contributed by atoms with Crippen molar-refractivity contribution in [3.05, 3.63) is 0 Å². The van der Waals surface area contributed by atoms with Gasteiger partial charge in [0.25, 0.3) is 0 Å². The quantitative estimate of drug-likeness (QED) is 0.585. The number of hydrogen-bond donors (Lipinski definition) is 0. The topological polar surface area (TPSA) is 9.23 Å². The molecule has 1 heteroatoms. The van der Waals surface area contributed by atoms with E-state index in [9.17, 15) is 0 Å². The van der Waals surface area contributed by atoms with Crippen LogP contribution in [0.1, 0.15) is 33.6 Å². The lowest BCUT2D eigenvalue weighted by Gasteiger charge is -2.61. The lowest BCUT2D eigenvalue weighted by atomic mass is 9.45. The van der Waals surface area contributed by atoms with Crippen molar-refractivity contribution in [2.45, 2.75) is 39.7 Å². The van der Waals surface area contributed by atoms with Gasteiger partial charge in [0, 0.05) is 7.11 Å². The Kier molecular flexibility index (Phi) is 1.76. The minimum absolute atomic E-state index is 0.543. The molecule has 0 spiro atoms. The number of hydrogen-bond acceptors (Lipinski definition) is 1. The average molecular weight is 168 g/mol. The normalized spacial score (nSPS) is 50.0. The van der Waals surface area contributed by atoms with Gasteiger partial charge >= 0.3 is 0 Å². The molecule has 3 fully saturated rings. The first kappa shape index (κ1) is 8.55. The Morgan fingerprint density at radius 1 is 1.25 bits per heavy atom. The van der Waals surface area contributed by atoms with Crippen molar-refractivity contribution < 1.29 is 4.74 Å². The van der Waals surface area contributed by atoms with E-state index in [-0.39, 0.29) is 0 Å². The van der Waals surface area contributed by atoms with Gasteiger partial charge in [-0.2, -0.15) is 0 Å². The second-order valence-electron chi connectivity index (χ2n) is 5.23. The first-order valence-corrected chi connectivity index (χ1v) is 5.10. The van der Waals surface area contributed by atoms with Crippen molar-refractivity contribution in [2.24, 2.45) is 23.2 Å². The molecule has 0 aromatic carbocycles. The summed E-state index contributed by atoms with van der Waals surface area (Å²) >= 11 is 0. The molecule has 0 aromatic heterocycles. The standard InChI is InChI=1S/C11H20O/c1-7-9-5-8(11(9,2)3)6-10(7)12-4/h7-10H,5-6H2,1-4H3. The van der Waals surface area contributed by atoms with E-state index in [1.54, 1.807) is 0 Å².